The molecule has 0 aliphatic carbocycles. The lowest BCUT2D eigenvalue weighted by Gasteiger charge is -2.18. The zero-order valence-electron chi connectivity index (χ0n) is 12.1. The lowest BCUT2D eigenvalue weighted by atomic mass is 10.1. The standard InChI is InChI=1S/C13H20N2O4S2/c1-14(2)21(18,19)9-11-6-15(7-12(11)16)13(17)5-10-3-4-20-8-10/h3-4,8,11-12,16H,5-7,9H2,1-2H3/t11-,12+/m0/s1. The van der Waals surface area contributed by atoms with Crippen LogP contribution in [-0.4, -0.2) is 67.7 Å². The van der Waals surface area contributed by atoms with E-state index in [0.29, 0.717) is 6.42 Å². The predicted octanol–water partition coefficient (Wildman–Crippen LogP) is 0.00130. The van der Waals surface area contributed by atoms with Gasteiger partial charge in [0.2, 0.25) is 15.9 Å². The van der Waals surface area contributed by atoms with Gasteiger partial charge in [-0.15, -0.1) is 0 Å². The quantitative estimate of drug-likeness (QED) is 0.823. The Morgan fingerprint density at radius 3 is 2.76 bits per heavy atom. The van der Waals surface area contributed by atoms with E-state index in [0.717, 1.165) is 9.87 Å². The molecule has 118 valence electrons. The van der Waals surface area contributed by atoms with E-state index in [1.54, 1.807) is 4.90 Å². The van der Waals surface area contributed by atoms with Crippen LogP contribution in [0.25, 0.3) is 0 Å². The molecule has 1 aromatic rings. The molecule has 8 heteroatoms. The van der Waals surface area contributed by atoms with E-state index in [-0.39, 0.29) is 24.7 Å². The van der Waals surface area contributed by atoms with Gasteiger partial charge in [-0.1, -0.05) is 0 Å². The Kier molecular flexibility index (Phi) is 5.03. The Labute approximate surface area is 129 Å². The van der Waals surface area contributed by atoms with Gasteiger partial charge in [-0.25, -0.2) is 12.7 Å². The van der Waals surface area contributed by atoms with E-state index < -0.39 is 22.0 Å². The van der Waals surface area contributed by atoms with Gasteiger partial charge in [0.05, 0.1) is 18.3 Å². The molecule has 2 rings (SSSR count). The monoisotopic (exact) mass is 332 g/mol. The first kappa shape index (κ1) is 16.4. The Hall–Kier alpha value is -0.960. The minimum Gasteiger partial charge on any atom is -0.391 e. The van der Waals surface area contributed by atoms with Crippen molar-refractivity contribution in [3.63, 3.8) is 0 Å². The molecular formula is C13H20N2O4S2. The molecule has 1 aromatic heterocycles. The largest absolute Gasteiger partial charge is 0.391 e. The second-order valence-corrected chi connectivity index (χ2v) is 8.50. The summed E-state index contributed by atoms with van der Waals surface area (Å²) in [7, 11) is -0.440. The van der Waals surface area contributed by atoms with E-state index in [1.807, 2.05) is 16.8 Å². The molecule has 1 aliphatic heterocycles. The minimum atomic E-state index is -3.38. The van der Waals surface area contributed by atoms with Gasteiger partial charge in [0, 0.05) is 33.1 Å². The third kappa shape index (κ3) is 4.03. The zero-order chi connectivity index (χ0) is 15.6. The molecule has 21 heavy (non-hydrogen) atoms. The van der Waals surface area contributed by atoms with Crippen LogP contribution in [0.4, 0.5) is 0 Å². The van der Waals surface area contributed by atoms with Crippen molar-refractivity contribution in [2.75, 3.05) is 32.9 Å². The van der Waals surface area contributed by atoms with E-state index >= 15 is 0 Å². The van der Waals surface area contributed by atoms with Crippen molar-refractivity contribution in [1.29, 1.82) is 0 Å². The molecule has 6 nitrogen and oxygen atoms in total. The predicted molar refractivity (Wildman–Crippen MR) is 81.6 cm³/mol. The number of aliphatic hydroxyl groups excluding tert-OH is 1. The number of likely N-dealkylation sites (tertiary alicyclic amines) is 1. The van der Waals surface area contributed by atoms with Crippen molar-refractivity contribution in [1.82, 2.24) is 9.21 Å². The highest BCUT2D eigenvalue weighted by atomic mass is 32.2. The molecular weight excluding hydrogens is 312 g/mol. The third-order valence-corrected chi connectivity index (χ3v) is 6.37. The first-order chi connectivity index (χ1) is 9.79. The van der Waals surface area contributed by atoms with Crippen LogP contribution in [-0.2, 0) is 21.2 Å². The SMILES string of the molecule is CN(C)S(=O)(=O)C[C@@H]1CN(C(=O)Cc2ccsc2)C[C@H]1O. The average Bonchev–Trinajstić information content (AvgIpc) is 3.00. The number of sulfonamides is 1. The summed E-state index contributed by atoms with van der Waals surface area (Å²) < 4.78 is 24.9. The Balaban J connectivity index is 1.96. The molecule has 2 atom stereocenters. The van der Waals surface area contributed by atoms with Crippen LogP contribution in [0.3, 0.4) is 0 Å². The van der Waals surface area contributed by atoms with Crippen LogP contribution in [0, 0.1) is 5.92 Å². The van der Waals surface area contributed by atoms with E-state index in [4.69, 9.17) is 0 Å². The van der Waals surface area contributed by atoms with Crippen LogP contribution >= 0.6 is 11.3 Å². The molecule has 1 saturated heterocycles. The fourth-order valence-corrected chi connectivity index (χ4v) is 4.16. The highest BCUT2D eigenvalue weighted by Gasteiger charge is 2.37. The number of hydrogen-bond acceptors (Lipinski definition) is 5. The van der Waals surface area contributed by atoms with Gasteiger partial charge in [0.15, 0.2) is 0 Å². The van der Waals surface area contributed by atoms with Gasteiger partial charge >= 0.3 is 0 Å². The molecule has 0 unspecified atom stereocenters. The number of carbonyl (C=O) groups excluding carboxylic acids is 1. The first-order valence-electron chi connectivity index (χ1n) is 6.66. The van der Waals surface area contributed by atoms with Crippen molar-refractivity contribution >= 4 is 27.3 Å². The Morgan fingerprint density at radius 1 is 1.48 bits per heavy atom. The number of nitrogens with zero attached hydrogens (tertiary/aromatic N) is 2. The number of aliphatic hydroxyl groups is 1. The molecule has 0 saturated carbocycles. The number of amides is 1. The normalized spacial score (nSPS) is 23.0. The number of carbonyl (C=O) groups is 1. The summed E-state index contributed by atoms with van der Waals surface area (Å²) in [4.78, 5) is 13.7. The molecule has 1 amide bonds. The van der Waals surface area contributed by atoms with Crippen LogP contribution in [0.2, 0.25) is 0 Å². The third-order valence-electron chi connectivity index (χ3n) is 3.68. The molecule has 0 spiro atoms. The molecule has 0 aromatic carbocycles. The van der Waals surface area contributed by atoms with Gasteiger partial charge < -0.3 is 10.0 Å². The van der Waals surface area contributed by atoms with Crippen molar-refractivity contribution in [2.24, 2.45) is 5.92 Å². The summed E-state index contributed by atoms with van der Waals surface area (Å²) in [5.74, 6) is -0.635. The summed E-state index contributed by atoms with van der Waals surface area (Å²) in [5.41, 5.74) is 0.948. The highest BCUT2D eigenvalue weighted by molar-refractivity contribution is 7.89. The second kappa shape index (κ2) is 6.43. The number of hydrogen-bond donors (Lipinski definition) is 1. The zero-order valence-corrected chi connectivity index (χ0v) is 13.7. The van der Waals surface area contributed by atoms with E-state index in [1.165, 1.54) is 25.4 Å². The molecule has 1 aliphatic rings. The number of rotatable bonds is 5. The van der Waals surface area contributed by atoms with Crippen LogP contribution in [0.5, 0.6) is 0 Å². The van der Waals surface area contributed by atoms with Gasteiger partial charge in [0.25, 0.3) is 0 Å². The second-order valence-electron chi connectivity index (χ2n) is 5.50. The van der Waals surface area contributed by atoms with E-state index in [2.05, 4.69) is 0 Å². The average molecular weight is 332 g/mol. The fraction of sp³-hybridized carbons (Fsp3) is 0.615. The Morgan fingerprint density at radius 2 is 2.19 bits per heavy atom. The molecule has 2 heterocycles. The summed E-state index contributed by atoms with van der Waals surface area (Å²) in [5, 5.41) is 13.8. The molecule has 0 radical (unpaired) electrons. The highest BCUT2D eigenvalue weighted by Crippen LogP contribution is 2.21. The van der Waals surface area contributed by atoms with E-state index in [9.17, 15) is 18.3 Å². The lowest BCUT2D eigenvalue weighted by Crippen LogP contribution is -2.34. The molecule has 0 bridgehead atoms. The van der Waals surface area contributed by atoms with Crippen molar-refractivity contribution < 1.29 is 18.3 Å². The minimum absolute atomic E-state index is 0.0720. The maximum Gasteiger partial charge on any atom is 0.227 e. The van der Waals surface area contributed by atoms with Gasteiger partial charge in [0.1, 0.15) is 0 Å². The fourth-order valence-electron chi connectivity index (χ4n) is 2.32. The van der Waals surface area contributed by atoms with Crippen LogP contribution < -0.4 is 0 Å². The number of thiophene rings is 1. The van der Waals surface area contributed by atoms with Crippen molar-refractivity contribution in [3.05, 3.63) is 22.4 Å². The topological polar surface area (TPSA) is 77.9 Å². The van der Waals surface area contributed by atoms with Gasteiger partial charge in [-0.3, -0.25) is 4.79 Å². The van der Waals surface area contributed by atoms with Crippen molar-refractivity contribution in [2.45, 2.75) is 12.5 Å². The lowest BCUT2D eigenvalue weighted by molar-refractivity contribution is -0.129. The first-order valence-corrected chi connectivity index (χ1v) is 9.22. The maximum absolute atomic E-state index is 12.2. The van der Waals surface area contributed by atoms with Crippen LogP contribution in [0.15, 0.2) is 16.8 Å². The van der Waals surface area contributed by atoms with Gasteiger partial charge in [-0.2, -0.15) is 11.3 Å². The summed E-state index contributed by atoms with van der Waals surface area (Å²) in [6.45, 7) is 0.494. The summed E-state index contributed by atoms with van der Waals surface area (Å²) in [6.07, 6.45) is -0.491. The summed E-state index contributed by atoms with van der Waals surface area (Å²) >= 11 is 1.53. The van der Waals surface area contributed by atoms with Crippen molar-refractivity contribution in [3.8, 4) is 0 Å². The number of β-amino-alcohol motifs (C(OH)–C–C–N with tert-alkyl or cyclic N) is 1. The summed E-state index contributed by atoms with van der Waals surface area (Å²) in [6, 6.07) is 1.89. The molecule has 1 fully saturated rings. The molecule has 1 N–H and O–H groups in total. The Bertz CT molecular complexity index is 583. The smallest absolute Gasteiger partial charge is 0.227 e. The maximum atomic E-state index is 12.2. The van der Waals surface area contributed by atoms with Crippen LogP contribution in [0.1, 0.15) is 5.56 Å². The van der Waals surface area contributed by atoms with Gasteiger partial charge in [-0.05, 0) is 22.4 Å².